The molecule has 1 aromatic heterocycles. The molecular formula is C15H15BN2O3. The van der Waals surface area contributed by atoms with Crippen LogP contribution in [-0.2, 0) is 16.7 Å². The van der Waals surface area contributed by atoms with E-state index >= 15 is 0 Å². The highest BCUT2D eigenvalue weighted by molar-refractivity contribution is 6.62. The zero-order chi connectivity index (χ0) is 15.0. The number of Topliss-reactive ketones (excluding diaryl/α,β-unsaturated/α-hetero) is 1. The molecular weight excluding hydrogens is 267 g/mol. The molecule has 0 bridgehead atoms. The van der Waals surface area contributed by atoms with Gasteiger partial charge in [0.2, 0.25) is 0 Å². The fourth-order valence-electron chi connectivity index (χ4n) is 2.60. The number of rotatable bonds is 3. The van der Waals surface area contributed by atoms with E-state index in [-0.39, 0.29) is 12.2 Å². The normalized spacial score (nSPS) is 15.9. The summed E-state index contributed by atoms with van der Waals surface area (Å²) in [7, 11) is -0.943. The molecule has 6 heteroatoms. The number of hydrogen-bond donors (Lipinski definition) is 1. The van der Waals surface area contributed by atoms with Crippen LogP contribution in [-0.4, -0.2) is 27.9 Å². The Labute approximate surface area is 123 Å². The summed E-state index contributed by atoms with van der Waals surface area (Å²) in [6.07, 6.45) is 4.70. The highest BCUT2D eigenvalue weighted by atomic mass is 16.5. The average molecular weight is 282 g/mol. The van der Waals surface area contributed by atoms with Gasteiger partial charge >= 0.3 is 7.12 Å². The minimum atomic E-state index is -0.943. The molecule has 0 spiro atoms. The van der Waals surface area contributed by atoms with Crippen molar-refractivity contribution in [2.75, 3.05) is 0 Å². The van der Waals surface area contributed by atoms with Crippen LogP contribution in [0.4, 0.5) is 0 Å². The van der Waals surface area contributed by atoms with Crippen molar-refractivity contribution >= 4 is 18.4 Å². The Morgan fingerprint density at radius 3 is 2.90 bits per heavy atom. The summed E-state index contributed by atoms with van der Waals surface area (Å²) in [5.41, 5.74) is 2.33. The minimum absolute atomic E-state index is 0.101. The first-order chi connectivity index (χ1) is 9.97. The fourth-order valence-corrected chi connectivity index (χ4v) is 2.60. The van der Waals surface area contributed by atoms with Crippen molar-refractivity contribution < 1.29 is 14.5 Å². The summed E-state index contributed by atoms with van der Waals surface area (Å²) in [6.45, 7) is 3.82. The topological polar surface area (TPSA) is 72.3 Å². The fraction of sp³-hybridized carbons (Fsp3) is 0.267. The van der Waals surface area contributed by atoms with Crippen molar-refractivity contribution in [3.63, 3.8) is 0 Å². The van der Waals surface area contributed by atoms with Crippen LogP contribution in [0.1, 0.15) is 35.5 Å². The number of fused-ring (bicyclic) bond motifs is 1. The number of hydrogen-bond acceptors (Lipinski definition) is 5. The van der Waals surface area contributed by atoms with Crippen LogP contribution in [0.2, 0.25) is 0 Å². The summed E-state index contributed by atoms with van der Waals surface area (Å²) in [5, 5.41) is 9.96. The van der Waals surface area contributed by atoms with Crippen molar-refractivity contribution in [3.8, 4) is 0 Å². The zero-order valence-electron chi connectivity index (χ0n) is 11.9. The molecule has 0 atom stereocenters. The molecule has 0 fully saturated rings. The zero-order valence-corrected chi connectivity index (χ0v) is 11.9. The van der Waals surface area contributed by atoms with Crippen LogP contribution in [0.15, 0.2) is 36.8 Å². The molecule has 0 saturated carbocycles. The molecule has 0 unspecified atom stereocenters. The molecule has 2 aromatic rings. The Balaban J connectivity index is 1.86. The van der Waals surface area contributed by atoms with E-state index in [1.807, 2.05) is 32.0 Å². The van der Waals surface area contributed by atoms with Gasteiger partial charge in [0.1, 0.15) is 5.69 Å². The molecule has 1 aliphatic rings. The van der Waals surface area contributed by atoms with Crippen LogP contribution >= 0.6 is 0 Å². The summed E-state index contributed by atoms with van der Waals surface area (Å²) in [4.78, 5) is 20.0. The number of carbonyl (C=O) groups is 1. The lowest BCUT2D eigenvalue weighted by molar-refractivity contribution is 0.0986. The predicted molar refractivity (Wildman–Crippen MR) is 78.2 cm³/mol. The van der Waals surface area contributed by atoms with E-state index in [4.69, 9.17) is 4.65 Å². The molecule has 2 heterocycles. The molecule has 1 aromatic carbocycles. The summed E-state index contributed by atoms with van der Waals surface area (Å²) >= 11 is 0. The molecule has 0 aliphatic carbocycles. The molecule has 1 aliphatic heterocycles. The van der Waals surface area contributed by atoms with Crippen molar-refractivity contribution in [2.45, 2.75) is 25.9 Å². The van der Waals surface area contributed by atoms with Crippen molar-refractivity contribution in [2.24, 2.45) is 0 Å². The van der Waals surface area contributed by atoms with Crippen LogP contribution in [0.3, 0.4) is 0 Å². The van der Waals surface area contributed by atoms with Crippen molar-refractivity contribution in [1.82, 2.24) is 9.97 Å². The maximum atomic E-state index is 12.1. The number of benzene rings is 1. The Kier molecular flexibility index (Phi) is 3.35. The lowest BCUT2D eigenvalue weighted by Gasteiger charge is -2.19. The standard InChI is InChI=1S/C15H15BN2O3/c1-15(2)11-4-3-10(7-12(11)16(20)21-15)8-14(19)13-9-17-5-6-18-13/h3-7,9,20H,8H2,1-2H3. The van der Waals surface area contributed by atoms with E-state index < -0.39 is 12.7 Å². The van der Waals surface area contributed by atoms with Gasteiger partial charge in [-0.15, -0.1) is 0 Å². The van der Waals surface area contributed by atoms with Gasteiger partial charge in [-0.3, -0.25) is 9.78 Å². The monoisotopic (exact) mass is 282 g/mol. The molecule has 5 nitrogen and oxygen atoms in total. The Hall–Kier alpha value is -2.05. The van der Waals surface area contributed by atoms with Gasteiger partial charge < -0.3 is 9.68 Å². The molecule has 106 valence electrons. The molecule has 1 N–H and O–H groups in total. The molecule has 0 radical (unpaired) electrons. The smallest absolute Gasteiger partial charge is 0.423 e. The average Bonchev–Trinajstić information content (AvgIpc) is 2.69. The van der Waals surface area contributed by atoms with Gasteiger partial charge in [-0.25, -0.2) is 4.98 Å². The van der Waals surface area contributed by atoms with Crippen molar-refractivity contribution in [3.05, 3.63) is 53.6 Å². The second-order valence-corrected chi connectivity index (χ2v) is 5.59. The van der Waals surface area contributed by atoms with E-state index in [1.165, 1.54) is 18.6 Å². The van der Waals surface area contributed by atoms with Crippen molar-refractivity contribution in [1.29, 1.82) is 0 Å². The summed E-state index contributed by atoms with van der Waals surface area (Å²) in [5.74, 6) is -0.101. The first kappa shape index (κ1) is 13.9. The Bertz CT molecular complexity index is 689. The lowest BCUT2D eigenvalue weighted by Crippen LogP contribution is -2.29. The van der Waals surface area contributed by atoms with Crippen LogP contribution in [0, 0.1) is 0 Å². The van der Waals surface area contributed by atoms with Crippen LogP contribution in [0.25, 0.3) is 0 Å². The number of aromatic nitrogens is 2. The van der Waals surface area contributed by atoms with Gasteiger partial charge in [-0.2, -0.15) is 0 Å². The molecule has 0 amide bonds. The van der Waals surface area contributed by atoms with Crippen LogP contribution < -0.4 is 5.46 Å². The highest BCUT2D eigenvalue weighted by Crippen LogP contribution is 2.29. The minimum Gasteiger partial charge on any atom is -0.423 e. The maximum Gasteiger partial charge on any atom is 0.492 e. The van der Waals surface area contributed by atoms with Gasteiger partial charge in [0, 0.05) is 18.8 Å². The van der Waals surface area contributed by atoms with Gasteiger partial charge in [0.05, 0.1) is 11.8 Å². The maximum absolute atomic E-state index is 12.1. The second kappa shape index (κ2) is 5.05. The quantitative estimate of drug-likeness (QED) is 0.667. The lowest BCUT2D eigenvalue weighted by atomic mass is 9.77. The first-order valence-corrected chi connectivity index (χ1v) is 6.76. The summed E-state index contributed by atoms with van der Waals surface area (Å²) < 4.78 is 5.51. The van der Waals surface area contributed by atoms with E-state index in [0.717, 1.165) is 16.6 Å². The second-order valence-electron chi connectivity index (χ2n) is 5.59. The van der Waals surface area contributed by atoms with E-state index in [1.54, 1.807) is 0 Å². The van der Waals surface area contributed by atoms with Gasteiger partial charge in [-0.1, -0.05) is 18.2 Å². The highest BCUT2D eigenvalue weighted by Gasteiger charge is 2.40. The molecule has 0 saturated heterocycles. The van der Waals surface area contributed by atoms with E-state index in [2.05, 4.69) is 9.97 Å². The predicted octanol–water partition coefficient (Wildman–Crippen LogP) is 0.855. The number of nitrogens with zero attached hydrogens (tertiary/aromatic N) is 2. The largest absolute Gasteiger partial charge is 0.492 e. The summed E-state index contributed by atoms with van der Waals surface area (Å²) in [6, 6.07) is 5.62. The molecule has 3 rings (SSSR count). The Morgan fingerprint density at radius 1 is 1.38 bits per heavy atom. The van der Waals surface area contributed by atoms with Gasteiger partial charge in [0.15, 0.2) is 5.78 Å². The number of carbonyl (C=O) groups excluding carboxylic acids is 1. The van der Waals surface area contributed by atoms with Gasteiger partial charge in [0.25, 0.3) is 0 Å². The van der Waals surface area contributed by atoms with E-state index in [0.29, 0.717) is 5.69 Å². The third-order valence-corrected chi connectivity index (χ3v) is 3.65. The van der Waals surface area contributed by atoms with Crippen LogP contribution in [0.5, 0.6) is 0 Å². The molecule has 21 heavy (non-hydrogen) atoms. The third kappa shape index (κ3) is 2.60. The first-order valence-electron chi connectivity index (χ1n) is 6.76. The van der Waals surface area contributed by atoms with E-state index in [9.17, 15) is 9.82 Å². The Morgan fingerprint density at radius 2 is 2.19 bits per heavy atom. The third-order valence-electron chi connectivity index (χ3n) is 3.65. The van der Waals surface area contributed by atoms with Gasteiger partial charge in [-0.05, 0) is 30.4 Å². The SMILES string of the molecule is CC1(C)OB(O)c2cc(CC(=O)c3cnccn3)ccc21. The number of ketones is 1.